The minimum atomic E-state index is -0.809. The molecule has 94 valence electrons. The van der Waals surface area contributed by atoms with Crippen molar-refractivity contribution in [2.45, 2.75) is 27.7 Å². The van der Waals surface area contributed by atoms with E-state index < -0.39 is 11.9 Å². The van der Waals surface area contributed by atoms with Crippen molar-refractivity contribution >= 4 is 11.9 Å². The predicted molar refractivity (Wildman–Crippen MR) is 63.8 cm³/mol. The average molecular weight is 229 g/mol. The zero-order valence-electron chi connectivity index (χ0n) is 10.5. The Bertz CT molecular complexity index is 231. The summed E-state index contributed by atoms with van der Waals surface area (Å²) in [4.78, 5) is 21.5. The molecule has 0 fully saturated rings. The van der Waals surface area contributed by atoms with Gasteiger partial charge in [0.2, 0.25) is 5.91 Å². The molecule has 0 bridgehead atoms. The van der Waals surface area contributed by atoms with Crippen molar-refractivity contribution < 1.29 is 9.59 Å². The highest BCUT2D eigenvalue weighted by Crippen LogP contribution is 2.19. The zero-order chi connectivity index (χ0) is 12.7. The number of nitrogens with one attached hydrogen (secondary N) is 2. The summed E-state index contributed by atoms with van der Waals surface area (Å²) in [5, 5.41) is 5.05. The highest BCUT2D eigenvalue weighted by Gasteiger charge is 2.17. The van der Waals surface area contributed by atoms with Crippen LogP contribution in [0.25, 0.3) is 0 Å². The molecule has 0 aliphatic heterocycles. The molecule has 0 aromatic rings. The third-order valence-corrected chi connectivity index (χ3v) is 2.64. The van der Waals surface area contributed by atoms with Gasteiger partial charge in [-0.05, 0) is 24.3 Å². The first kappa shape index (κ1) is 14.9. The minimum absolute atomic E-state index is 0.124. The summed E-state index contributed by atoms with van der Waals surface area (Å²) >= 11 is 0. The van der Waals surface area contributed by atoms with Gasteiger partial charge >= 0.3 is 6.03 Å². The Morgan fingerprint density at radius 1 is 1.12 bits per heavy atom. The number of hydrogen-bond donors (Lipinski definition) is 3. The van der Waals surface area contributed by atoms with Gasteiger partial charge in [-0.25, -0.2) is 4.79 Å². The molecule has 16 heavy (non-hydrogen) atoms. The maximum absolute atomic E-state index is 11.1. The molecule has 0 aliphatic rings. The lowest BCUT2D eigenvalue weighted by Gasteiger charge is -2.24. The molecule has 0 atom stereocenters. The number of carbonyl (C=O) groups excluding carboxylic acids is 2. The average Bonchev–Trinajstić information content (AvgIpc) is 2.09. The quantitative estimate of drug-likeness (QED) is 0.627. The molecule has 0 aromatic carbocycles. The van der Waals surface area contributed by atoms with E-state index in [0.717, 1.165) is 6.54 Å². The van der Waals surface area contributed by atoms with Gasteiger partial charge in [0, 0.05) is 0 Å². The van der Waals surface area contributed by atoms with E-state index in [-0.39, 0.29) is 6.54 Å². The van der Waals surface area contributed by atoms with Crippen molar-refractivity contribution in [1.29, 1.82) is 0 Å². The van der Waals surface area contributed by atoms with Gasteiger partial charge in [-0.15, -0.1) is 0 Å². The summed E-state index contributed by atoms with van der Waals surface area (Å²) in [5.74, 6) is 1.25. The Morgan fingerprint density at radius 2 is 1.62 bits per heavy atom. The maximum Gasteiger partial charge on any atom is 0.318 e. The number of nitrogens with two attached hydrogens (primary N) is 1. The number of imide groups is 1. The maximum atomic E-state index is 11.1. The minimum Gasteiger partial charge on any atom is -0.351 e. The van der Waals surface area contributed by atoms with Crippen molar-refractivity contribution in [2.24, 2.45) is 23.5 Å². The van der Waals surface area contributed by atoms with Crippen LogP contribution < -0.4 is 16.4 Å². The Labute approximate surface area is 97.2 Å². The second-order valence-corrected chi connectivity index (χ2v) is 4.70. The summed E-state index contributed by atoms with van der Waals surface area (Å²) in [6, 6.07) is -0.809. The summed E-state index contributed by atoms with van der Waals surface area (Å²) in [6.45, 7) is 9.54. The number of amides is 3. The van der Waals surface area contributed by atoms with Gasteiger partial charge in [0.05, 0.1) is 6.54 Å². The van der Waals surface area contributed by atoms with E-state index in [4.69, 9.17) is 5.73 Å². The Kier molecular flexibility index (Phi) is 6.72. The summed E-state index contributed by atoms with van der Waals surface area (Å²) in [5.41, 5.74) is 4.82. The Morgan fingerprint density at radius 3 is 2.00 bits per heavy atom. The molecule has 0 aliphatic carbocycles. The second kappa shape index (κ2) is 7.22. The van der Waals surface area contributed by atoms with Gasteiger partial charge in [0.1, 0.15) is 0 Å². The standard InChI is InChI=1S/C11H23N3O2/c1-7(2)9(8(3)4)5-13-6-10(15)14-11(12)16/h7-9,13H,5-6H2,1-4H3,(H3,12,14,15,16). The number of carbonyl (C=O) groups is 2. The van der Waals surface area contributed by atoms with E-state index in [1.54, 1.807) is 0 Å². The zero-order valence-corrected chi connectivity index (χ0v) is 10.5. The first-order chi connectivity index (χ1) is 7.34. The van der Waals surface area contributed by atoms with Crippen molar-refractivity contribution in [3.63, 3.8) is 0 Å². The van der Waals surface area contributed by atoms with Crippen LogP contribution in [-0.4, -0.2) is 25.0 Å². The van der Waals surface area contributed by atoms with Gasteiger partial charge in [0.15, 0.2) is 0 Å². The Hall–Kier alpha value is -1.10. The fraction of sp³-hybridized carbons (Fsp3) is 0.818. The van der Waals surface area contributed by atoms with Crippen LogP contribution in [0.1, 0.15) is 27.7 Å². The van der Waals surface area contributed by atoms with E-state index in [1.807, 2.05) is 5.32 Å². The largest absolute Gasteiger partial charge is 0.351 e. The lowest BCUT2D eigenvalue weighted by molar-refractivity contribution is -0.119. The molecule has 3 amide bonds. The number of rotatable bonds is 6. The molecule has 0 aromatic heterocycles. The number of urea groups is 1. The predicted octanol–water partition coefficient (Wildman–Crippen LogP) is 0.699. The van der Waals surface area contributed by atoms with Crippen LogP contribution >= 0.6 is 0 Å². The molecular weight excluding hydrogens is 206 g/mol. The van der Waals surface area contributed by atoms with Crippen molar-refractivity contribution in [3.05, 3.63) is 0 Å². The summed E-state index contributed by atoms with van der Waals surface area (Å²) in [7, 11) is 0. The highest BCUT2D eigenvalue weighted by atomic mass is 16.2. The third-order valence-electron chi connectivity index (χ3n) is 2.64. The van der Waals surface area contributed by atoms with Gasteiger partial charge in [0.25, 0.3) is 0 Å². The van der Waals surface area contributed by atoms with Gasteiger partial charge < -0.3 is 11.1 Å². The van der Waals surface area contributed by atoms with Crippen LogP contribution in [0.3, 0.4) is 0 Å². The van der Waals surface area contributed by atoms with Crippen LogP contribution in [0, 0.1) is 17.8 Å². The fourth-order valence-electron chi connectivity index (χ4n) is 1.78. The Balaban J connectivity index is 3.86. The van der Waals surface area contributed by atoms with Crippen LogP contribution in [0.15, 0.2) is 0 Å². The second-order valence-electron chi connectivity index (χ2n) is 4.70. The van der Waals surface area contributed by atoms with Gasteiger partial charge in [-0.1, -0.05) is 27.7 Å². The lowest BCUT2D eigenvalue weighted by Crippen LogP contribution is -2.42. The van der Waals surface area contributed by atoms with Crippen molar-refractivity contribution in [2.75, 3.05) is 13.1 Å². The normalized spacial score (nSPS) is 11.2. The van der Waals surface area contributed by atoms with Crippen LogP contribution in [0.2, 0.25) is 0 Å². The van der Waals surface area contributed by atoms with E-state index in [9.17, 15) is 9.59 Å². The van der Waals surface area contributed by atoms with E-state index in [0.29, 0.717) is 17.8 Å². The van der Waals surface area contributed by atoms with Crippen LogP contribution in [0.5, 0.6) is 0 Å². The van der Waals surface area contributed by atoms with Crippen molar-refractivity contribution in [1.82, 2.24) is 10.6 Å². The van der Waals surface area contributed by atoms with Gasteiger partial charge in [-0.3, -0.25) is 10.1 Å². The number of hydrogen-bond acceptors (Lipinski definition) is 3. The SMILES string of the molecule is CC(C)C(CNCC(=O)NC(N)=O)C(C)C. The summed E-state index contributed by atoms with van der Waals surface area (Å²) < 4.78 is 0. The first-order valence-corrected chi connectivity index (χ1v) is 5.64. The van der Waals surface area contributed by atoms with Gasteiger partial charge in [-0.2, -0.15) is 0 Å². The molecule has 0 saturated carbocycles. The molecule has 4 N–H and O–H groups in total. The molecule has 0 heterocycles. The molecule has 0 unspecified atom stereocenters. The monoisotopic (exact) mass is 229 g/mol. The van der Waals surface area contributed by atoms with E-state index >= 15 is 0 Å². The molecule has 0 saturated heterocycles. The highest BCUT2D eigenvalue weighted by molar-refractivity contribution is 5.94. The smallest absolute Gasteiger partial charge is 0.318 e. The van der Waals surface area contributed by atoms with E-state index in [1.165, 1.54) is 0 Å². The molecule has 0 spiro atoms. The lowest BCUT2D eigenvalue weighted by atomic mass is 9.85. The molecule has 5 heteroatoms. The van der Waals surface area contributed by atoms with Crippen LogP contribution in [0.4, 0.5) is 4.79 Å². The molecule has 5 nitrogen and oxygen atoms in total. The fourth-order valence-corrected chi connectivity index (χ4v) is 1.78. The molecule has 0 radical (unpaired) electrons. The molecule has 0 rings (SSSR count). The van der Waals surface area contributed by atoms with E-state index in [2.05, 4.69) is 33.0 Å². The first-order valence-electron chi connectivity index (χ1n) is 5.64. The topological polar surface area (TPSA) is 84.2 Å². The molecular formula is C11H23N3O2. The third kappa shape index (κ3) is 6.40. The summed E-state index contributed by atoms with van der Waals surface area (Å²) in [6.07, 6.45) is 0. The number of primary amides is 1. The van der Waals surface area contributed by atoms with Crippen LogP contribution in [-0.2, 0) is 4.79 Å². The van der Waals surface area contributed by atoms with Crippen molar-refractivity contribution in [3.8, 4) is 0 Å².